The molecule has 0 aliphatic heterocycles. The number of benzene rings is 1. The zero-order valence-electron chi connectivity index (χ0n) is 10.1. The van der Waals surface area contributed by atoms with Crippen LogP contribution in [0.25, 0.3) is 0 Å². The van der Waals surface area contributed by atoms with Crippen LogP contribution in [0.2, 0.25) is 0 Å². The second kappa shape index (κ2) is 5.77. The molecule has 1 aromatic carbocycles. The third-order valence-corrected chi connectivity index (χ3v) is 4.77. The highest BCUT2D eigenvalue weighted by atomic mass is 32.2. The van der Waals surface area contributed by atoms with E-state index in [1.165, 1.54) is 29.4 Å². The topological polar surface area (TPSA) is 51.8 Å². The van der Waals surface area contributed by atoms with Gasteiger partial charge in [-0.15, -0.1) is 0 Å². The minimum absolute atomic E-state index is 0.154. The van der Waals surface area contributed by atoms with E-state index in [2.05, 4.69) is 9.36 Å². The summed E-state index contributed by atoms with van der Waals surface area (Å²) in [4.78, 5) is 4.28. The molecule has 0 fully saturated rings. The van der Waals surface area contributed by atoms with Crippen LogP contribution in [0.4, 0.5) is 4.39 Å². The van der Waals surface area contributed by atoms with E-state index in [4.69, 9.17) is 5.73 Å². The maximum Gasteiger partial charge on any atom is 0.170 e. The van der Waals surface area contributed by atoms with Gasteiger partial charge >= 0.3 is 0 Å². The predicted octanol–water partition coefficient (Wildman–Crippen LogP) is 3.17. The highest BCUT2D eigenvalue weighted by Gasteiger charge is 2.22. The summed E-state index contributed by atoms with van der Waals surface area (Å²) in [5, 5.41) is -0.154. The Balaban J connectivity index is 2.27. The molecule has 0 saturated heterocycles. The molecule has 0 aliphatic carbocycles. The van der Waals surface area contributed by atoms with Crippen LogP contribution in [0, 0.1) is 12.7 Å². The van der Waals surface area contributed by atoms with Crippen LogP contribution in [0.5, 0.6) is 0 Å². The molecule has 2 aromatic rings. The van der Waals surface area contributed by atoms with E-state index >= 15 is 0 Å². The van der Waals surface area contributed by atoms with Crippen LogP contribution in [0.1, 0.15) is 23.6 Å². The van der Waals surface area contributed by atoms with Crippen molar-refractivity contribution in [2.75, 3.05) is 0 Å². The molecule has 0 bridgehead atoms. The van der Waals surface area contributed by atoms with E-state index in [0.717, 1.165) is 10.2 Å². The molecule has 0 amide bonds. The fourth-order valence-electron chi connectivity index (χ4n) is 1.59. The summed E-state index contributed by atoms with van der Waals surface area (Å²) < 4.78 is 18.7. The summed E-state index contributed by atoms with van der Waals surface area (Å²) in [5.74, 6) is 0.507. The fourth-order valence-corrected chi connectivity index (χ4v) is 3.55. The molecule has 2 N–H and O–H groups in total. The Labute approximate surface area is 114 Å². The molecule has 0 saturated carbocycles. The number of thioether (sulfide) groups is 1. The lowest BCUT2D eigenvalue weighted by molar-refractivity contribution is 0.592. The van der Waals surface area contributed by atoms with Gasteiger partial charge in [-0.25, -0.2) is 9.37 Å². The smallest absolute Gasteiger partial charge is 0.170 e. The zero-order valence-corrected chi connectivity index (χ0v) is 11.8. The molecule has 2 unspecified atom stereocenters. The fraction of sp³-hybridized carbons (Fsp3) is 0.333. The van der Waals surface area contributed by atoms with Gasteiger partial charge in [0.15, 0.2) is 4.34 Å². The predicted molar refractivity (Wildman–Crippen MR) is 73.3 cm³/mol. The molecule has 6 heteroatoms. The molecule has 1 heterocycles. The first-order chi connectivity index (χ1) is 8.58. The average molecular weight is 283 g/mol. The van der Waals surface area contributed by atoms with Crippen LogP contribution >= 0.6 is 23.3 Å². The quantitative estimate of drug-likeness (QED) is 0.876. The number of hydrogen-bond donors (Lipinski definition) is 1. The van der Waals surface area contributed by atoms with E-state index in [1.807, 2.05) is 19.9 Å². The van der Waals surface area contributed by atoms with Gasteiger partial charge in [0.05, 0.1) is 5.25 Å². The molecule has 2 rings (SSSR count). The largest absolute Gasteiger partial charge is 0.327 e. The molecular formula is C12H14FN3S2. The lowest BCUT2D eigenvalue weighted by Crippen LogP contribution is -2.23. The number of nitrogens with zero attached hydrogens (tertiary/aromatic N) is 2. The van der Waals surface area contributed by atoms with Crippen molar-refractivity contribution in [3.05, 3.63) is 41.5 Å². The monoisotopic (exact) mass is 283 g/mol. The lowest BCUT2D eigenvalue weighted by Gasteiger charge is -2.19. The van der Waals surface area contributed by atoms with Crippen molar-refractivity contribution in [1.82, 2.24) is 9.36 Å². The van der Waals surface area contributed by atoms with Gasteiger partial charge in [0.25, 0.3) is 0 Å². The third-order valence-electron chi connectivity index (χ3n) is 2.43. The SMILES string of the molecule is Cc1nsc(SC(c2ccccc2F)C(C)N)n1. The summed E-state index contributed by atoms with van der Waals surface area (Å²) in [5.41, 5.74) is 6.58. The van der Waals surface area contributed by atoms with Gasteiger partial charge in [-0.1, -0.05) is 30.0 Å². The molecule has 18 heavy (non-hydrogen) atoms. The summed E-state index contributed by atoms with van der Waals surface area (Å²) in [7, 11) is 0. The van der Waals surface area contributed by atoms with E-state index in [9.17, 15) is 4.39 Å². The molecule has 3 nitrogen and oxygen atoms in total. The van der Waals surface area contributed by atoms with Crippen molar-refractivity contribution in [2.45, 2.75) is 29.5 Å². The van der Waals surface area contributed by atoms with E-state index < -0.39 is 0 Å². The molecule has 2 atom stereocenters. The first kappa shape index (κ1) is 13.5. The lowest BCUT2D eigenvalue weighted by atomic mass is 10.1. The van der Waals surface area contributed by atoms with Crippen molar-refractivity contribution in [1.29, 1.82) is 0 Å². The summed E-state index contributed by atoms with van der Waals surface area (Å²) >= 11 is 2.78. The molecule has 0 radical (unpaired) electrons. The number of nitrogens with two attached hydrogens (primary N) is 1. The Morgan fingerprint density at radius 1 is 1.39 bits per heavy atom. The Morgan fingerprint density at radius 2 is 2.11 bits per heavy atom. The van der Waals surface area contributed by atoms with Crippen LogP contribution in [-0.4, -0.2) is 15.4 Å². The van der Waals surface area contributed by atoms with Gasteiger partial charge in [0, 0.05) is 11.6 Å². The number of halogens is 1. The van der Waals surface area contributed by atoms with Crippen LogP contribution in [-0.2, 0) is 0 Å². The molecular weight excluding hydrogens is 269 g/mol. The van der Waals surface area contributed by atoms with Gasteiger partial charge in [-0.2, -0.15) is 4.37 Å². The van der Waals surface area contributed by atoms with Crippen molar-refractivity contribution >= 4 is 23.3 Å². The van der Waals surface area contributed by atoms with Crippen molar-refractivity contribution in [2.24, 2.45) is 5.73 Å². The van der Waals surface area contributed by atoms with Crippen LogP contribution in [0.15, 0.2) is 28.6 Å². The number of aromatic nitrogens is 2. The summed E-state index contributed by atoms with van der Waals surface area (Å²) in [6, 6.07) is 6.55. The molecule has 1 aromatic heterocycles. The number of rotatable bonds is 4. The van der Waals surface area contributed by atoms with Gasteiger partial charge in [-0.3, -0.25) is 0 Å². The molecule has 0 spiro atoms. The maximum absolute atomic E-state index is 13.8. The number of hydrogen-bond acceptors (Lipinski definition) is 5. The maximum atomic E-state index is 13.8. The Kier molecular flexibility index (Phi) is 4.31. The first-order valence-electron chi connectivity index (χ1n) is 5.55. The second-order valence-corrected chi connectivity index (χ2v) is 6.17. The Morgan fingerprint density at radius 3 is 2.67 bits per heavy atom. The van der Waals surface area contributed by atoms with E-state index in [-0.39, 0.29) is 17.1 Å². The van der Waals surface area contributed by atoms with Crippen molar-refractivity contribution in [3.8, 4) is 0 Å². The third kappa shape index (κ3) is 3.07. The Hall–Kier alpha value is -0.980. The van der Waals surface area contributed by atoms with Crippen molar-refractivity contribution < 1.29 is 4.39 Å². The first-order valence-corrected chi connectivity index (χ1v) is 7.20. The highest BCUT2D eigenvalue weighted by molar-refractivity contribution is 8.01. The minimum Gasteiger partial charge on any atom is -0.327 e. The van der Waals surface area contributed by atoms with Crippen LogP contribution in [0.3, 0.4) is 0 Å². The standard InChI is InChI=1S/C12H14FN3S2/c1-7(14)11(9-5-3-4-6-10(9)13)17-12-15-8(2)16-18-12/h3-7,11H,14H2,1-2H3. The van der Waals surface area contributed by atoms with Gasteiger partial charge < -0.3 is 5.73 Å². The van der Waals surface area contributed by atoms with Gasteiger partial charge in [0.2, 0.25) is 0 Å². The molecule has 0 aliphatic rings. The minimum atomic E-state index is -0.228. The summed E-state index contributed by atoms with van der Waals surface area (Å²) in [6.45, 7) is 3.71. The zero-order chi connectivity index (χ0) is 13.1. The van der Waals surface area contributed by atoms with Crippen molar-refractivity contribution in [3.63, 3.8) is 0 Å². The average Bonchev–Trinajstić information content (AvgIpc) is 2.73. The van der Waals surface area contributed by atoms with Crippen LogP contribution < -0.4 is 5.73 Å². The summed E-state index contributed by atoms with van der Waals surface area (Å²) in [6.07, 6.45) is 0. The normalized spacial score (nSPS) is 14.4. The highest BCUT2D eigenvalue weighted by Crippen LogP contribution is 2.38. The van der Waals surface area contributed by atoms with Gasteiger partial charge in [-0.05, 0) is 31.4 Å². The molecule has 96 valence electrons. The van der Waals surface area contributed by atoms with E-state index in [0.29, 0.717) is 5.56 Å². The van der Waals surface area contributed by atoms with Gasteiger partial charge in [0.1, 0.15) is 11.6 Å². The van der Waals surface area contributed by atoms with E-state index in [1.54, 1.807) is 12.1 Å². The second-order valence-electron chi connectivity index (χ2n) is 4.03. The number of aryl methyl sites for hydroxylation is 1. The Bertz CT molecular complexity index is 528.